The number of hydrogen-bond acceptors (Lipinski definition) is 4. The zero-order valence-corrected chi connectivity index (χ0v) is 16.5. The minimum atomic E-state index is -0.0986. The highest BCUT2D eigenvalue weighted by atomic mass is 35.5. The van der Waals surface area contributed by atoms with Crippen LogP contribution in [0.15, 0.2) is 24.3 Å². The third-order valence-corrected chi connectivity index (χ3v) is 4.70. The van der Waals surface area contributed by atoms with Gasteiger partial charge in [0.15, 0.2) is 0 Å². The van der Waals surface area contributed by atoms with E-state index in [-0.39, 0.29) is 42.7 Å². The lowest BCUT2D eigenvalue weighted by Crippen LogP contribution is -2.35. The van der Waals surface area contributed by atoms with Gasteiger partial charge < -0.3 is 20.9 Å². The van der Waals surface area contributed by atoms with Crippen molar-refractivity contribution < 1.29 is 9.59 Å². The summed E-state index contributed by atoms with van der Waals surface area (Å²) in [5.74, 6) is -0.0696. The lowest BCUT2D eigenvalue weighted by atomic mass is 10.1. The molecule has 2 aliphatic heterocycles. The number of halogens is 2. The number of nitrogens with one attached hydrogen (secondary N) is 3. The molecule has 2 fully saturated rings. The SMILES string of the molecule is Cl.Cl.O=C(NCCN1CCCC1)c1ccc(NC(=O)C2CCCN2)cc1. The van der Waals surface area contributed by atoms with Crippen LogP contribution in [0.5, 0.6) is 0 Å². The van der Waals surface area contributed by atoms with Crippen LogP contribution in [0, 0.1) is 0 Å². The van der Waals surface area contributed by atoms with Crippen molar-refractivity contribution in [1.82, 2.24) is 15.5 Å². The molecule has 3 rings (SSSR count). The lowest BCUT2D eigenvalue weighted by molar-refractivity contribution is -0.117. The van der Waals surface area contributed by atoms with Gasteiger partial charge in [0.25, 0.3) is 5.91 Å². The van der Waals surface area contributed by atoms with Crippen LogP contribution in [-0.4, -0.2) is 55.5 Å². The molecule has 0 spiro atoms. The monoisotopic (exact) mass is 402 g/mol. The van der Waals surface area contributed by atoms with Crippen molar-refractivity contribution >= 4 is 42.3 Å². The molecule has 0 radical (unpaired) electrons. The minimum Gasteiger partial charge on any atom is -0.351 e. The van der Waals surface area contributed by atoms with E-state index in [0.29, 0.717) is 12.1 Å². The first kappa shape index (κ1) is 22.7. The fraction of sp³-hybridized carbons (Fsp3) is 0.556. The first-order chi connectivity index (χ1) is 11.7. The number of nitrogens with zero attached hydrogens (tertiary/aromatic N) is 1. The first-order valence-corrected chi connectivity index (χ1v) is 8.87. The van der Waals surface area contributed by atoms with Crippen molar-refractivity contribution in [3.05, 3.63) is 29.8 Å². The second-order valence-corrected chi connectivity index (χ2v) is 6.52. The van der Waals surface area contributed by atoms with Gasteiger partial charge in [0.05, 0.1) is 6.04 Å². The Bertz CT molecular complexity index is 571. The Morgan fingerprint density at radius 2 is 1.77 bits per heavy atom. The largest absolute Gasteiger partial charge is 0.351 e. The molecule has 1 unspecified atom stereocenters. The van der Waals surface area contributed by atoms with Crippen molar-refractivity contribution in [2.45, 2.75) is 31.7 Å². The lowest BCUT2D eigenvalue weighted by Gasteiger charge is -2.15. The van der Waals surface area contributed by atoms with Crippen molar-refractivity contribution in [3.8, 4) is 0 Å². The van der Waals surface area contributed by atoms with Crippen molar-refractivity contribution in [1.29, 1.82) is 0 Å². The van der Waals surface area contributed by atoms with Crippen LogP contribution in [0.1, 0.15) is 36.0 Å². The summed E-state index contributed by atoms with van der Waals surface area (Å²) in [5.41, 5.74) is 1.34. The van der Waals surface area contributed by atoms with Gasteiger partial charge in [-0.1, -0.05) is 0 Å². The predicted octanol–water partition coefficient (Wildman–Crippen LogP) is 2.05. The number of carbonyl (C=O) groups excluding carboxylic acids is 2. The second kappa shape index (κ2) is 11.4. The fourth-order valence-electron chi connectivity index (χ4n) is 3.28. The zero-order chi connectivity index (χ0) is 16.8. The molecule has 3 N–H and O–H groups in total. The maximum Gasteiger partial charge on any atom is 0.251 e. The van der Waals surface area contributed by atoms with Crippen LogP contribution in [-0.2, 0) is 4.79 Å². The van der Waals surface area contributed by atoms with Crippen LogP contribution in [0.25, 0.3) is 0 Å². The van der Waals surface area contributed by atoms with E-state index in [1.165, 1.54) is 12.8 Å². The molecule has 0 aliphatic carbocycles. The Hall–Kier alpha value is -1.34. The highest BCUT2D eigenvalue weighted by Gasteiger charge is 2.21. The topological polar surface area (TPSA) is 73.5 Å². The Morgan fingerprint density at radius 1 is 1.08 bits per heavy atom. The molecule has 2 heterocycles. The molecule has 2 amide bonds. The number of anilines is 1. The van der Waals surface area contributed by atoms with Crippen LogP contribution in [0.2, 0.25) is 0 Å². The van der Waals surface area contributed by atoms with E-state index in [4.69, 9.17) is 0 Å². The van der Waals surface area contributed by atoms with Crippen LogP contribution >= 0.6 is 24.8 Å². The molecule has 1 atom stereocenters. The number of rotatable bonds is 6. The average Bonchev–Trinajstić information content (AvgIpc) is 3.29. The zero-order valence-electron chi connectivity index (χ0n) is 14.8. The Kier molecular flexibility index (Phi) is 9.94. The number of carbonyl (C=O) groups is 2. The van der Waals surface area contributed by atoms with E-state index in [1.807, 2.05) is 0 Å². The molecule has 26 heavy (non-hydrogen) atoms. The van der Waals surface area contributed by atoms with Crippen LogP contribution < -0.4 is 16.0 Å². The summed E-state index contributed by atoms with van der Waals surface area (Å²) in [4.78, 5) is 26.5. The molecule has 6 nitrogen and oxygen atoms in total. The summed E-state index contributed by atoms with van der Waals surface area (Å²) in [7, 11) is 0. The van der Waals surface area contributed by atoms with E-state index in [2.05, 4.69) is 20.9 Å². The standard InChI is InChI=1S/C18H26N4O2.2ClH/c23-17(20-10-13-22-11-1-2-12-22)14-5-7-15(8-6-14)21-18(24)16-4-3-9-19-16;;/h5-8,16,19H,1-4,9-13H2,(H,20,23)(H,21,24);2*1H. The van der Waals surface area contributed by atoms with Gasteiger partial charge in [-0.05, 0) is 69.6 Å². The van der Waals surface area contributed by atoms with E-state index in [0.717, 1.165) is 44.7 Å². The van der Waals surface area contributed by atoms with Crippen LogP contribution in [0.4, 0.5) is 5.69 Å². The van der Waals surface area contributed by atoms with E-state index >= 15 is 0 Å². The van der Waals surface area contributed by atoms with Crippen molar-refractivity contribution in [2.24, 2.45) is 0 Å². The van der Waals surface area contributed by atoms with Gasteiger partial charge in [0.1, 0.15) is 0 Å². The maximum atomic E-state index is 12.1. The van der Waals surface area contributed by atoms with E-state index in [9.17, 15) is 9.59 Å². The maximum absolute atomic E-state index is 12.1. The van der Waals surface area contributed by atoms with Crippen LogP contribution in [0.3, 0.4) is 0 Å². The normalized spacial score (nSPS) is 19.3. The van der Waals surface area contributed by atoms with Gasteiger partial charge in [-0.3, -0.25) is 9.59 Å². The molecule has 1 aromatic carbocycles. The van der Waals surface area contributed by atoms with Gasteiger partial charge in [-0.25, -0.2) is 0 Å². The Balaban J connectivity index is 0.00000169. The quantitative estimate of drug-likeness (QED) is 0.680. The molecule has 0 saturated carbocycles. The van der Waals surface area contributed by atoms with Gasteiger partial charge >= 0.3 is 0 Å². The van der Waals surface area contributed by atoms with Gasteiger partial charge in [-0.2, -0.15) is 0 Å². The highest BCUT2D eigenvalue weighted by molar-refractivity contribution is 5.97. The van der Waals surface area contributed by atoms with Gasteiger partial charge in [-0.15, -0.1) is 24.8 Å². The fourth-order valence-corrected chi connectivity index (χ4v) is 3.28. The number of amides is 2. The predicted molar refractivity (Wildman–Crippen MR) is 109 cm³/mol. The summed E-state index contributed by atoms with van der Waals surface area (Å²) < 4.78 is 0. The highest BCUT2D eigenvalue weighted by Crippen LogP contribution is 2.12. The molecular formula is C18H28Cl2N4O2. The number of likely N-dealkylation sites (tertiary alicyclic amines) is 1. The van der Waals surface area contributed by atoms with E-state index < -0.39 is 0 Å². The molecule has 1 aromatic rings. The molecule has 0 aromatic heterocycles. The molecule has 146 valence electrons. The van der Waals surface area contributed by atoms with Gasteiger partial charge in [0.2, 0.25) is 5.91 Å². The average molecular weight is 403 g/mol. The molecule has 0 bridgehead atoms. The first-order valence-electron chi connectivity index (χ1n) is 8.87. The Labute approximate surface area is 167 Å². The molecular weight excluding hydrogens is 375 g/mol. The molecule has 8 heteroatoms. The minimum absolute atomic E-state index is 0. The summed E-state index contributed by atoms with van der Waals surface area (Å²) >= 11 is 0. The third kappa shape index (κ3) is 6.43. The molecule has 2 saturated heterocycles. The van der Waals surface area contributed by atoms with Gasteiger partial charge in [0, 0.05) is 24.3 Å². The molecule has 2 aliphatic rings. The van der Waals surface area contributed by atoms with Crippen molar-refractivity contribution in [2.75, 3.05) is 38.0 Å². The summed E-state index contributed by atoms with van der Waals surface area (Å²) in [6, 6.07) is 6.97. The second-order valence-electron chi connectivity index (χ2n) is 6.52. The smallest absolute Gasteiger partial charge is 0.251 e. The summed E-state index contributed by atoms with van der Waals surface area (Å²) in [6.45, 7) is 4.76. The number of benzene rings is 1. The number of hydrogen-bond donors (Lipinski definition) is 3. The van der Waals surface area contributed by atoms with Crippen molar-refractivity contribution in [3.63, 3.8) is 0 Å². The van der Waals surface area contributed by atoms with E-state index in [1.54, 1.807) is 24.3 Å². The Morgan fingerprint density at radius 3 is 2.38 bits per heavy atom. The third-order valence-electron chi connectivity index (χ3n) is 4.70. The summed E-state index contributed by atoms with van der Waals surface area (Å²) in [6.07, 6.45) is 4.44. The summed E-state index contributed by atoms with van der Waals surface area (Å²) in [5, 5.41) is 9.02.